The lowest BCUT2D eigenvalue weighted by Crippen LogP contribution is -2.33. The van der Waals surface area contributed by atoms with E-state index in [9.17, 15) is 4.79 Å². The summed E-state index contributed by atoms with van der Waals surface area (Å²) in [6, 6.07) is -0.522. The largest absolute Gasteiger partial charge is 0.480 e. The number of likely N-dealkylation sites (N-methyl/N-ethyl adjacent to an activating group) is 1. The lowest BCUT2D eigenvalue weighted by molar-refractivity contribution is -0.139. The van der Waals surface area contributed by atoms with Crippen molar-refractivity contribution in [3.63, 3.8) is 0 Å². The van der Waals surface area contributed by atoms with E-state index in [-0.39, 0.29) is 0 Å². The summed E-state index contributed by atoms with van der Waals surface area (Å²) in [5.74, 6) is -0.833. The van der Waals surface area contributed by atoms with Crippen LogP contribution in [0.5, 0.6) is 0 Å². The Morgan fingerprint density at radius 1 is 1.92 bits per heavy atom. The highest BCUT2D eigenvalue weighted by Crippen LogP contribution is 2.12. The lowest BCUT2D eigenvalue weighted by atomic mass is 10.1. The van der Waals surface area contributed by atoms with Gasteiger partial charge in [0, 0.05) is 24.8 Å². The van der Waals surface area contributed by atoms with Crippen molar-refractivity contribution in [1.29, 1.82) is 0 Å². The van der Waals surface area contributed by atoms with Gasteiger partial charge in [-0.05, 0) is 7.05 Å². The summed E-state index contributed by atoms with van der Waals surface area (Å²) in [7, 11) is 1.64. The van der Waals surface area contributed by atoms with Gasteiger partial charge in [0.25, 0.3) is 0 Å². The van der Waals surface area contributed by atoms with Gasteiger partial charge in [0.2, 0.25) is 0 Å². The van der Waals surface area contributed by atoms with Crippen LogP contribution in [-0.2, 0) is 4.79 Å². The van der Waals surface area contributed by atoms with Gasteiger partial charge in [-0.1, -0.05) is 6.08 Å². The Kier molecular flexibility index (Phi) is 2.99. The number of carboxylic acids is 1. The molecule has 1 aliphatic heterocycles. The highest BCUT2D eigenvalue weighted by molar-refractivity contribution is 5.74. The molecule has 0 spiro atoms. The van der Waals surface area contributed by atoms with E-state index in [2.05, 4.69) is 10.3 Å². The molecular formula is C8H12N2O2. The first-order valence-electron chi connectivity index (χ1n) is 3.85. The van der Waals surface area contributed by atoms with Crippen molar-refractivity contribution >= 4 is 12.2 Å². The summed E-state index contributed by atoms with van der Waals surface area (Å²) in [5.41, 5.74) is 0.858. The second kappa shape index (κ2) is 4.01. The van der Waals surface area contributed by atoms with E-state index in [4.69, 9.17) is 5.11 Å². The number of carbonyl (C=O) groups is 1. The van der Waals surface area contributed by atoms with Crippen LogP contribution >= 0.6 is 0 Å². The number of hydrogen-bond acceptors (Lipinski definition) is 3. The molecule has 12 heavy (non-hydrogen) atoms. The Hall–Kier alpha value is -1.16. The highest BCUT2D eigenvalue weighted by Gasteiger charge is 2.16. The van der Waals surface area contributed by atoms with Crippen molar-refractivity contribution in [2.75, 3.05) is 7.05 Å². The maximum atomic E-state index is 10.6. The van der Waals surface area contributed by atoms with Gasteiger partial charge >= 0.3 is 5.97 Å². The maximum Gasteiger partial charge on any atom is 0.321 e. The molecule has 0 radical (unpaired) electrons. The highest BCUT2D eigenvalue weighted by atomic mass is 16.4. The van der Waals surface area contributed by atoms with Crippen molar-refractivity contribution in [2.45, 2.75) is 18.9 Å². The third kappa shape index (κ3) is 2.17. The molecule has 1 aliphatic rings. The average Bonchev–Trinajstić information content (AvgIpc) is 2.51. The van der Waals surface area contributed by atoms with Gasteiger partial charge < -0.3 is 10.4 Å². The number of aliphatic carboxylic acids is 1. The molecule has 0 amide bonds. The molecule has 1 heterocycles. The third-order valence-corrected chi connectivity index (χ3v) is 1.78. The van der Waals surface area contributed by atoms with Crippen LogP contribution in [0.2, 0.25) is 0 Å². The van der Waals surface area contributed by atoms with Crippen molar-refractivity contribution in [1.82, 2.24) is 5.32 Å². The van der Waals surface area contributed by atoms with Crippen molar-refractivity contribution in [2.24, 2.45) is 4.99 Å². The van der Waals surface area contributed by atoms with Crippen molar-refractivity contribution in [3.05, 3.63) is 11.8 Å². The van der Waals surface area contributed by atoms with Crippen LogP contribution in [-0.4, -0.2) is 30.4 Å². The maximum absolute atomic E-state index is 10.6. The van der Waals surface area contributed by atoms with E-state index in [0.29, 0.717) is 6.42 Å². The molecular weight excluding hydrogens is 156 g/mol. The quantitative estimate of drug-likeness (QED) is 0.639. The average molecular weight is 168 g/mol. The summed E-state index contributed by atoms with van der Waals surface area (Å²) >= 11 is 0. The van der Waals surface area contributed by atoms with E-state index < -0.39 is 12.0 Å². The molecule has 0 aliphatic carbocycles. The summed E-state index contributed by atoms with van der Waals surface area (Å²) < 4.78 is 0. The Balaban J connectivity index is 2.47. The number of carboxylic acid groups (broad SMARTS) is 1. The summed E-state index contributed by atoms with van der Waals surface area (Å²) in [4.78, 5) is 14.6. The zero-order valence-corrected chi connectivity index (χ0v) is 6.95. The van der Waals surface area contributed by atoms with E-state index in [1.54, 1.807) is 13.3 Å². The first kappa shape index (κ1) is 8.93. The minimum atomic E-state index is -0.833. The Labute approximate surface area is 71.0 Å². The van der Waals surface area contributed by atoms with Crippen LogP contribution in [0.4, 0.5) is 0 Å². The summed E-state index contributed by atoms with van der Waals surface area (Å²) in [6.45, 7) is 0. The molecule has 66 valence electrons. The minimum Gasteiger partial charge on any atom is -0.480 e. The Morgan fingerprint density at radius 3 is 3.08 bits per heavy atom. The minimum absolute atomic E-state index is 0.461. The number of aliphatic imine (C=N–C) groups is 1. The molecule has 0 unspecified atom stereocenters. The fourth-order valence-electron chi connectivity index (χ4n) is 1.07. The van der Waals surface area contributed by atoms with Gasteiger partial charge in [-0.15, -0.1) is 0 Å². The number of hydrogen-bond donors (Lipinski definition) is 2. The van der Waals surface area contributed by atoms with Gasteiger partial charge in [-0.25, -0.2) is 0 Å². The molecule has 0 fully saturated rings. The van der Waals surface area contributed by atoms with Gasteiger partial charge in [-0.2, -0.15) is 0 Å². The molecule has 1 rings (SSSR count). The van der Waals surface area contributed by atoms with Crippen LogP contribution in [0, 0.1) is 0 Å². The molecule has 0 aromatic rings. The Bertz CT molecular complexity index is 233. The number of nitrogens with one attached hydrogen (secondary N) is 1. The number of nitrogens with zero attached hydrogens (tertiary/aromatic N) is 1. The zero-order chi connectivity index (χ0) is 8.97. The SMILES string of the molecule is CN[C@@H](CC1=CCC=N1)C(=O)O. The zero-order valence-electron chi connectivity index (χ0n) is 6.95. The van der Waals surface area contributed by atoms with Crippen LogP contribution < -0.4 is 5.32 Å². The van der Waals surface area contributed by atoms with Crippen LogP contribution in [0.1, 0.15) is 12.8 Å². The molecule has 0 saturated carbocycles. The smallest absolute Gasteiger partial charge is 0.321 e. The van der Waals surface area contributed by atoms with Crippen molar-refractivity contribution < 1.29 is 9.90 Å². The van der Waals surface area contributed by atoms with Gasteiger partial charge in [0.15, 0.2) is 0 Å². The molecule has 0 aromatic carbocycles. The van der Waals surface area contributed by atoms with E-state index in [1.165, 1.54) is 0 Å². The van der Waals surface area contributed by atoms with E-state index >= 15 is 0 Å². The standard InChI is InChI=1S/C8H12N2O2/c1-9-7(8(11)12)5-6-3-2-4-10-6/h3-4,7,9H,2,5H2,1H3,(H,11,12)/t7-/m0/s1. The predicted molar refractivity (Wildman–Crippen MR) is 46.3 cm³/mol. The van der Waals surface area contributed by atoms with Gasteiger partial charge in [0.1, 0.15) is 6.04 Å². The Morgan fingerprint density at radius 2 is 2.67 bits per heavy atom. The van der Waals surface area contributed by atoms with E-state index in [0.717, 1.165) is 12.1 Å². The third-order valence-electron chi connectivity index (χ3n) is 1.78. The molecule has 2 N–H and O–H groups in total. The lowest BCUT2D eigenvalue weighted by Gasteiger charge is -2.09. The molecule has 0 saturated heterocycles. The number of rotatable bonds is 4. The van der Waals surface area contributed by atoms with Crippen LogP contribution in [0.15, 0.2) is 16.8 Å². The fourth-order valence-corrected chi connectivity index (χ4v) is 1.07. The van der Waals surface area contributed by atoms with Crippen LogP contribution in [0.3, 0.4) is 0 Å². The molecule has 4 nitrogen and oxygen atoms in total. The normalized spacial score (nSPS) is 17.6. The first-order valence-corrected chi connectivity index (χ1v) is 3.85. The molecule has 0 aromatic heterocycles. The molecule has 4 heteroatoms. The van der Waals surface area contributed by atoms with E-state index in [1.807, 2.05) is 6.08 Å². The topological polar surface area (TPSA) is 61.7 Å². The van der Waals surface area contributed by atoms with Gasteiger partial charge in [-0.3, -0.25) is 9.79 Å². The molecule has 1 atom stereocenters. The van der Waals surface area contributed by atoms with Crippen molar-refractivity contribution in [3.8, 4) is 0 Å². The monoisotopic (exact) mass is 168 g/mol. The second-order valence-corrected chi connectivity index (χ2v) is 2.63. The second-order valence-electron chi connectivity index (χ2n) is 2.63. The van der Waals surface area contributed by atoms with Crippen LogP contribution in [0.25, 0.3) is 0 Å². The summed E-state index contributed by atoms with van der Waals surface area (Å²) in [5, 5.41) is 11.4. The fraction of sp³-hybridized carbons (Fsp3) is 0.500. The summed E-state index contributed by atoms with van der Waals surface area (Å²) in [6.07, 6.45) is 5.00. The molecule has 0 bridgehead atoms. The number of allylic oxidation sites excluding steroid dienone is 1. The first-order chi connectivity index (χ1) is 5.74. The predicted octanol–water partition coefficient (Wildman–Crippen LogP) is 0.407. The van der Waals surface area contributed by atoms with Gasteiger partial charge in [0.05, 0.1) is 0 Å².